The van der Waals surface area contributed by atoms with Gasteiger partial charge in [0.15, 0.2) is 6.61 Å². The molecule has 6 heteroatoms. The molecule has 0 unspecified atom stereocenters. The van der Waals surface area contributed by atoms with Crippen molar-refractivity contribution in [3.63, 3.8) is 0 Å². The molecule has 156 valence electrons. The molecule has 0 heterocycles. The quantitative estimate of drug-likeness (QED) is 0.582. The minimum atomic E-state index is -0.569. The summed E-state index contributed by atoms with van der Waals surface area (Å²) in [6, 6.07) is 15.2. The third-order valence-electron chi connectivity index (χ3n) is 4.76. The third kappa shape index (κ3) is 6.89. The fraction of sp³-hybridized carbons (Fsp3) is 0.391. The Morgan fingerprint density at radius 3 is 2.45 bits per heavy atom. The Bertz CT molecular complexity index is 811. The monoisotopic (exact) mass is 460 g/mol. The van der Waals surface area contributed by atoms with Gasteiger partial charge in [0, 0.05) is 13.1 Å². The third-order valence-corrected chi connectivity index (χ3v) is 5.38. The number of likely N-dealkylation sites (N-methyl/N-ethyl adjacent to an activating group) is 1. The fourth-order valence-electron chi connectivity index (χ4n) is 3.00. The normalized spacial score (nSPS) is 11.6. The molecule has 2 aromatic rings. The summed E-state index contributed by atoms with van der Waals surface area (Å²) in [5.41, 5.74) is 2.30. The van der Waals surface area contributed by atoms with Crippen molar-refractivity contribution < 1.29 is 14.3 Å². The van der Waals surface area contributed by atoms with Crippen molar-refractivity contribution in [1.82, 2.24) is 10.2 Å². The van der Waals surface area contributed by atoms with Crippen LogP contribution in [-0.2, 0) is 22.4 Å². The van der Waals surface area contributed by atoms with Crippen LogP contribution < -0.4 is 10.1 Å². The van der Waals surface area contributed by atoms with E-state index in [1.165, 1.54) is 5.56 Å². The smallest absolute Gasteiger partial charge is 0.261 e. The maximum Gasteiger partial charge on any atom is 0.261 e. The number of rotatable bonds is 10. The van der Waals surface area contributed by atoms with E-state index in [9.17, 15) is 9.59 Å². The van der Waals surface area contributed by atoms with E-state index in [4.69, 9.17) is 4.74 Å². The highest BCUT2D eigenvalue weighted by Gasteiger charge is 2.25. The zero-order valence-electron chi connectivity index (χ0n) is 17.3. The van der Waals surface area contributed by atoms with Crippen LogP contribution in [0.1, 0.15) is 31.9 Å². The Morgan fingerprint density at radius 2 is 1.83 bits per heavy atom. The lowest BCUT2D eigenvalue weighted by Crippen LogP contribution is -2.50. The minimum absolute atomic E-state index is 0.122. The standard InChI is InChI=1S/C23H29BrN2O3/c1-4-18-11-12-21(20(24)15-18)29-16-22(27)26(17(3)23(28)25-5-2)14-13-19-9-7-6-8-10-19/h6-12,15,17H,4-5,13-14,16H2,1-3H3,(H,25,28)/t17-/m1/s1. The summed E-state index contributed by atoms with van der Waals surface area (Å²) in [5.74, 6) is 0.234. The zero-order chi connectivity index (χ0) is 21.2. The molecule has 1 N–H and O–H groups in total. The van der Waals surface area contributed by atoms with Crippen molar-refractivity contribution in [2.24, 2.45) is 0 Å². The molecule has 1 atom stereocenters. The van der Waals surface area contributed by atoms with Gasteiger partial charge in [0.05, 0.1) is 4.47 Å². The summed E-state index contributed by atoms with van der Waals surface area (Å²) in [6.07, 6.45) is 1.60. The molecule has 0 radical (unpaired) electrons. The highest BCUT2D eigenvalue weighted by molar-refractivity contribution is 9.10. The number of ether oxygens (including phenoxy) is 1. The molecule has 0 fully saturated rings. The lowest BCUT2D eigenvalue weighted by atomic mass is 10.1. The summed E-state index contributed by atoms with van der Waals surface area (Å²) in [4.78, 5) is 26.9. The molecule has 2 aromatic carbocycles. The van der Waals surface area contributed by atoms with Crippen LogP contribution in [0.3, 0.4) is 0 Å². The Kier molecular flexibility index (Phi) is 9.19. The Balaban J connectivity index is 2.07. The molecule has 0 aliphatic heterocycles. The number of hydrogen-bond acceptors (Lipinski definition) is 3. The van der Waals surface area contributed by atoms with Gasteiger partial charge >= 0.3 is 0 Å². The number of amides is 2. The molecule has 2 amide bonds. The molecular weight excluding hydrogens is 432 g/mol. The van der Waals surface area contributed by atoms with Crippen molar-refractivity contribution >= 4 is 27.7 Å². The van der Waals surface area contributed by atoms with Crippen LogP contribution in [0, 0.1) is 0 Å². The highest BCUT2D eigenvalue weighted by atomic mass is 79.9. The fourth-order valence-corrected chi connectivity index (χ4v) is 3.54. The van der Waals surface area contributed by atoms with E-state index >= 15 is 0 Å². The van der Waals surface area contributed by atoms with Gasteiger partial charge in [-0.15, -0.1) is 0 Å². The van der Waals surface area contributed by atoms with Crippen LogP contribution in [0.25, 0.3) is 0 Å². The second-order valence-corrected chi connectivity index (χ2v) is 7.65. The minimum Gasteiger partial charge on any atom is -0.483 e. The molecule has 0 spiro atoms. The molecule has 2 rings (SSSR count). The summed E-state index contributed by atoms with van der Waals surface area (Å²) in [5, 5.41) is 2.79. The molecule has 0 saturated heterocycles. The Morgan fingerprint density at radius 1 is 1.10 bits per heavy atom. The molecule has 0 bridgehead atoms. The lowest BCUT2D eigenvalue weighted by molar-refractivity contribution is -0.141. The second kappa shape index (κ2) is 11.6. The number of halogens is 1. The van der Waals surface area contributed by atoms with Crippen LogP contribution in [-0.4, -0.2) is 42.5 Å². The molecule has 0 aliphatic rings. The van der Waals surface area contributed by atoms with Gasteiger partial charge in [0.2, 0.25) is 5.91 Å². The van der Waals surface area contributed by atoms with E-state index in [2.05, 4.69) is 28.2 Å². The van der Waals surface area contributed by atoms with Crippen LogP contribution in [0.5, 0.6) is 5.75 Å². The Hall–Kier alpha value is -2.34. The van der Waals surface area contributed by atoms with Crippen molar-refractivity contribution in [3.8, 4) is 5.75 Å². The first-order valence-electron chi connectivity index (χ1n) is 9.98. The summed E-state index contributed by atoms with van der Waals surface area (Å²) in [7, 11) is 0. The molecule has 0 aliphatic carbocycles. The number of nitrogens with zero attached hydrogens (tertiary/aromatic N) is 1. The largest absolute Gasteiger partial charge is 0.483 e. The van der Waals surface area contributed by atoms with E-state index in [0.29, 0.717) is 25.3 Å². The summed E-state index contributed by atoms with van der Waals surface area (Å²) < 4.78 is 6.57. The van der Waals surface area contributed by atoms with Gasteiger partial charge in [-0.05, 0) is 65.9 Å². The topological polar surface area (TPSA) is 58.6 Å². The van der Waals surface area contributed by atoms with Gasteiger partial charge in [-0.3, -0.25) is 9.59 Å². The molecule has 0 saturated carbocycles. The lowest BCUT2D eigenvalue weighted by Gasteiger charge is -2.28. The Labute approximate surface area is 181 Å². The second-order valence-electron chi connectivity index (χ2n) is 6.80. The van der Waals surface area contributed by atoms with Crippen molar-refractivity contribution in [1.29, 1.82) is 0 Å². The van der Waals surface area contributed by atoms with Gasteiger partial charge in [-0.1, -0.05) is 43.3 Å². The number of nitrogens with one attached hydrogen (secondary N) is 1. The number of carbonyl (C=O) groups excluding carboxylic acids is 2. The first kappa shape index (κ1) is 22.9. The average Bonchev–Trinajstić information content (AvgIpc) is 2.73. The number of benzene rings is 2. The van der Waals surface area contributed by atoms with Gasteiger partial charge in [0.1, 0.15) is 11.8 Å². The predicted octanol–water partition coefficient (Wildman–Crippen LogP) is 3.99. The first-order valence-corrected chi connectivity index (χ1v) is 10.8. The number of aryl methyl sites for hydroxylation is 1. The van der Waals surface area contributed by atoms with Crippen LogP contribution in [0.2, 0.25) is 0 Å². The summed E-state index contributed by atoms with van der Waals surface area (Å²) in [6.45, 7) is 6.54. The van der Waals surface area contributed by atoms with Crippen LogP contribution >= 0.6 is 15.9 Å². The zero-order valence-corrected chi connectivity index (χ0v) is 18.9. The van der Waals surface area contributed by atoms with Crippen LogP contribution in [0.15, 0.2) is 53.0 Å². The number of carbonyl (C=O) groups is 2. The summed E-state index contributed by atoms with van der Waals surface area (Å²) >= 11 is 3.50. The molecule has 5 nitrogen and oxygen atoms in total. The van der Waals surface area contributed by atoms with Gasteiger partial charge in [-0.25, -0.2) is 0 Å². The molecular formula is C23H29BrN2O3. The molecule has 29 heavy (non-hydrogen) atoms. The predicted molar refractivity (Wildman–Crippen MR) is 119 cm³/mol. The SMILES string of the molecule is CCNC(=O)[C@@H](C)N(CCc1ccccc1)C(=O)COc1ccc(CC)cc1Br. The average molecular weight is 461 g/mol. The van der Waals surface area contributed by atoms with Gasteiger partial charge in [0.25, 0.3) is 5.91 Å². The number of hydrogen-bond donors (Lipinski definition) is 1. The van der Waals surface area contributed by atoms with Crippen LogP contribution in [0.4, 0.5) is 0 Å². The van der Waals surface area contributed by atoms with Crippen molar-refractivity contribution in [2.45, 2.75) is 39.7 Å². The molecule has 0 aromatic heterocycles. The first-order chi connectivity index (χ1) is 14.0. The van der Waals surface area contributed by atoms with Gasteiger partial charge in [-0.2, -0.15) is 0 Å². The van der Waals surface area contributed by atoms with E-state index in [1.54, 1.807) is 11.8 Å². The van der Waals surface area contributed by atoms with Crippen molar-refractivity contribution in [2.75, 3.05) is 19.7 Å². The van der Waals surface area contributed by atoms with Gasteiger partial charge < -0.3 is 15.0 Å². The van der Waals surface area contributed by atoms with E-state index < -0.39 is 6.04 Å². The van der Waals surface area contributed by atoms with E-state index in [1.807, 2.05) is 55.5 Å². The van der Waals surface area contributed by atoms with Crippen molar-refractivity contribution in [3.05, 3.63) is 64.1 Å². The van der Waals surface area contributed by atoms with E-state index in [-0.39, 0.29) is 18.4 Å². The maximum absolute atomic E-state index is 12.9. The maximum atomic E-state index is 12.9. The highest BCUT2D eigenvalue weighted by Crippen LogP contribution is 2.26. The van der Waals surface area contributed by atoms with E-state index in [0.717, 1.165) is 16.5 Å².